The lowest BCUT2D eigenvalue weighted by molar-refractivity contribution is -0.130. The molecule has 0 aliphatic carbocycles. The van der Waals surface area contributed by atoms with Crippen molar-refractivity contribution >= 4 is 46.4 Å². The second-order valence-electron chi connectivity index (χ2n) is 6.36. The molecule has 0 aliphatic rings. The zero-order valence-electron chi connectivity index (χ0n) is 16.9. The van der Waals surface area contributed by atoms with Gasteiger partial charge in [0.25, 0.3) is 5.56 Å². The average Bonchev–Trinajstić information content (AvgIpc) is 3.01. The molecule has 0 atom stereocenters. The van der Waals surface area contributed by atoms with Crippen LogP contribution in [-0.4, -0.2) is 46.6 Å². The molecular weight excluding hydrogens is 406 g/mol. The number of carbonyl (C=O) groups is 2. The van der Waals surface area contributed by atoms with Crippen molar-refractivity contribution in [3.8, 4) is 6.07 Å². The van der Waals surface area contributed by atoms with Gasteiger partial charge in [0, 0.05) is 24.1 Å². The van der Waals surface area contributed by atoms with Crippen molar-refractivity contribution in [2.24, 2.45) is 0 Å². The van der Waals surface area contributed by atoms with Crippen LogP contribution in [0.4, 0.5) is 11.4 Å². The third kappa shape index (κ3) is 5.56. The number of rotatable bonds is 8. The number of nitrogens with one attached hydrogen (secondary N) is 2. The Labute approximate surface area is 177 Å². The molecule has 0 saturated heterocycles. The largest absolute Gasteiger partial charge is 0.477 e. The first kappa shape index (κ1) is 22.9. The molecular formula is C20H23N5O4S. The van der Waals surface area contributed by atoms with Crippen LogP contribution in [0, 0.1) is 11.3 Å². The number of aromatic nitrogens is 1. The molecule has 3 N–H and O–H groups in total. The summed E-state index contributed by atoms with van der Waals surface area (Å²) in [6.07, 6.45) is 1.46. The molecule has 10 heteroatoms. The minimum atomic E-state index is -1.38. The fourth-order valence-corrected chi connectivity index (χ4v) is 3.65. The third-order valence-corrected chi connectivity index (χ3v) is 5.36. The summed E-state index contributed by atoms with van der Waals surface area (Å²) in [5.41, 5.74) is 0.384. The van der Waals surface area contributed by atoms with E-state index in [9.17, 15) is 19.5 Å². The van der Waals surface area contributed by atoms with Gasteiger partial charge in [-0.2, -0.15) is 5.26 Å². The first-order chi connectivity index (χ1) is 14.3. The molecule has 0 unspecified atom stereocenters. The zero-order valence-corrected chi connectivity index (χ0v) is 17.7. The van der Waals surface area contributed by atoms with Crippen molar-refractivity contribution in [3.05, 3.63) is 43.8 Å². The number of nitriles is 1. The van der Waals surface area contributed by atoms with Crippen LogP contribution < -0.4 is 25.4 Å². The second-order valence-corrected chi connectivity index (χ2v) is 7.39. The highest BCUT2D eigenvalue weighted by Gasteiger charge is 2.13. The molecule has 9 nitrogen and oxygen atoms in total. The Balaban J connectivity index is 2.32. The normalized spacial score (nSPS) is 12.4. The molecule has 0 spiro atoms. The predicted octanol–water partition coefficient (Wildman–Crippen LogP) is 0.429. The first-order valence-corrected chi connectivity index (χ1v) is 10.0. The number of benzene rings is 1. The Bertz CT molecular complexity index is 1160. The molecule has 1 aromatic carbocycles. The van der Waals surface area contributed by atoms with Crippen molar-refractivity contribution in [2.45, 2.75) is 20.4 Å². The van der Waals surface area contributed by atoms with E-state index in [0.29, 0.717) is 11.4 Å². The summed E-state index contributed by atoms with van der Waals surface area (Å²) >= 11 is 0.932. The van der Waals surface area contributed by atoms with Crippen LogP contribution in [-0.2, 0) is 16.1 Å². The molecule has 30 heavy (non-hydrogen) atoms. The van der Waals surface area contributed by atoms with Gasteiger partial charge in [0.15, 0.2) is 5.57 Å². The molecule has 0 fully saturated rings. The topological polar surface area (TPSA) is 127 Å². The number of aliphatic carboxylic acids is 1. The van der Waals surface area contributed by atoms with Gasteiger partial charge in [-0.05, 0) is 38.7 Å². The van der Waals surface area contributed by atoms with Crippen LogP contribution in [0.1, 0.15) is 13.8 Å². The van der Waals surface area contributed by atoms with Crippen LogP contribution in [0.5, 0.6) is 0 Å². The molecule has 2 rings (SSSR count). The highest BCUT2D eigenvalue weighted by Crippen LogP contribution is 2.15. The number of carboxylic acids is 1. The van der Waals surface area contributed by atoms with Gasteiger partial charge in [-0.15, -0.1) is 11.3 Å². The summed E-state index contributed by atoms with van der Waals surface area (Å²) in [5, 5.41) is 24.1. The van der Waals surface area contributed by atoms with Crippen molar-refractivity contribution in [1.29, 1.82) is 5.26 Å². The molecule has 0 aliphatic heterocycles. The predicted molar refractivity (Wildman–Crippen MR) is 116 cm³/mol. The SMILES string of the molecule is CCN(C)CC(=O)Nc1cccc(N/C=c2\s/c(=C(/C#N)C(=O)O)n(CC)c2=O)c1. The van der Waals surface area contributed by atoms with E-state index in [-0.39, 0.29) is 33.8 Å². The minimum Gasteiger partial charge on any atom is -0.477 e. The van der Waals surface area contributed by atoms with E-state index >= 15 is 0 Å². The Morgan fingerprint density at radius 3 is 2.63 bits per heavy atom. The molecule has 1 amide bonds. The number of likely N-dealkylation sites (N-methyl/N-ethyl adjacent to an activating group) is 1. The molecule has 0 bridgehead atoms. The average molecular weight is 430 g/mol. The van der Waals surface area contributed by atoms with Crippen LogP contribution in [0.25, 0.3) is 11.8 Å². The monoisotopic (exact) mass is 429 g/mol. The molecule has 158 valence electrons. The lowest BCUT2D eigenvalue weighted by Gasteiger charge is -2.13. The second kappa shape index (κ2) is 10.4. The van der Waals surface area contributed by atoms with Crippen molar-refractivity contribution in [3.63, 3.8) is 0 Å². The van der Waals surface area contributed by atoms with Crippen molar-refractivity contribution in [2.75, 3.05) is 30.8 Å². The first-order valence-electron chi connectivity index (χ1n) is 9.23. The number of nitrogens with zero attached hydrogens (tertiary/aromatic N) is 3. The van der Waals surface area contributed by atoms with E-state index in [1.807, 2.05) is 18.9 Å². The van der Waals surface area contributed by atoms with E-state index in [0.717, 1.165) is 17.9 Å². The van der Waals surface area contributed by atoms with Crippen LogP contribution in [0.3, 0.4) is 0 Å². The van der Waals surface area contributed by atoms with Crippen LogP contribution >= 0.6 is 11.3 Å². The number of carboxylic acid groups (broad SMARTS) is 1. The zero-order chi connectivity index (χ0) is 22.3. The number of anilines is 2. The summed E-state index contributed by atoms with van der Waals surface area (Å²) in [6, 6.07) is 8.63. The molecule has 2 aromatic rings. The summed E-state index contributed by atoms with van der Waals surface area (Å²) in [5.74, 6) is -1.51. The van der Waals surface area contributed by atoms with E-state index in [2.05, 4.69) is 10.6 Å². The fraction of sp³-hybridized carbons (Fsp3) is 0.300. The van der Waals surface area contributed by atoms with E-state index in [1.54, 1.807) is 37.3 Å². The molecule has 1 heterocycles. The van der Waals surface area contributed by atoms with E-state index < -0.39 is 11.5 Å². The summed E-state index contributed by atoms with van der Waals surface area (Å²) in [7, 11) is 1.85. The van der Waals surface area contributed by atoms with Crippen molar-refractivity contribution < 1.29 is 14.7 Å². The maximum atomic E-state index is 12.6. The Morgan fingerprint density at radius 1 is 1.33 bits per heavy atom. The number of carbonyl (C=O) groups excluding carboxylic acids is 1. The van der Waals surface area contributed by atoms with Gasteiger partial charge in [0.1, 0.15) is 15.3 Å². The fourth-order valence-electron chi connectivity index (χ4n) is 2.57. The number of hydrogen-bond acceptors (Lipinski definition) is 7. The van der Waals surface area contributed by atoms with Gasteiger partial charge in [-0.25, -0.2) is 4.79 Å². The molecule has 1 aromatic heterocycles. The Kier molecular flexibility index (Phi) is 7.91. The van der Waals surface area contributed by atoms with Gasteiger partial charge in [-0.1, -0.05) is 13.0 Å². The maximum absolute atomic E-state index is 12.6. The summed E-state index contributed by atoms with van der Waals surface area (Å²) in [4.78, 5) is 37.7. The van der Waals surface area contributed by atoms with Crippen molar-refractivity contribution in [1.82, 2.24) is 9.47 Å². The van der Waals surface area contributed by atoms with E-state index in [4.69, 9.17) is 5.26 Å². The third-order valence-electron chi connectivity index (χ3n) is 4.23. The van der Waals surface area contributed by atoms with Gasteiger partial charge in [-0.3, -0.25) is 19.1 Å². The van der Waals surface area contributed by atoms with E-state index in [1.165, 1.54) is 10.8 Å². The van der Waals surface area contributed by atoms with Gasteiger partial charge < -0.3 is 15.7 Å². The Morgan fingerprint density at radius 2 is 2.03 bits per heavy atom. The van der Waals surface area contributed by atoms with Crippen LogP contribution in [0.15, 0.2) is 29.1 Å². The maximum Gasteiger partial charge on any atom is 0.349 e. The highest BCUT2D eigenvalue weighted by molar-refractivity contribution is 7.07. The lowest BCUT2D eigenvalue weighted by atomic mass is 10.2. The molecule has 0 saturated carbocycles. The van der Waals surface area contributed by atoms with Gasteiger partial charge in [0.05, 0.1) is 6.54 Å². The number of amides is 1. The lowest BCUT2D eigenvalue weighted by Crippen LogP contribution is -2.32. The minimum absolute atomic E-state index is 0.103. The molecule has 0 radical (unpaired) electrons. The van der Waals surface area contributed by atoms with Crippen LogP contribution in [0.2, 0.25) is 0 Å². The summed E-state index contributed by atoms with van der Waals surface area (Å²) in [6.45, 7) is 4.94. The number of thiazole rings is 1. The smallest absolute Gasteiger partial charge is 0.349 e. The quantitative estimate of drug-likeness (QED) is 0.555. The number of hydrogen-bond donors (Lipinski definition) is 3. The standard InChI is InChI=1S/C20H23N5O4S/c1-4-24(3)12-17(26)23-14-8-6-7-13(9-14)22-11-16-18(27)25(5-2)19(30-16)15(10-21)20(28)29/h6-9,11,22H,4-5,12H2,1-3H3,(H,23,26)(H,28,29)/b16-11-,19-15-. The Hall–Kier alpha value is -3.42. The summed E-state index contributed by atoms with van der Waals surface area (Å²) < 4.78 is 1.62. The van der Waals surface area contributed by atoms with Gasteiger partial charge in [0.2, 0.25) is 5.91 Å². The van der Waals surface area contributed by atoms with Gasteiger partial charge >= 0.3 is 5.97 Å². The highest BCUT2D eigenvalue weighted by atomic mass is 32.1.